The highest BCUT2D eigenvalue weighted by Gasteiger charge is 2.30. The molecule has 0 aromatic heterocycles. The zero-order valence-electron chi connectivity index (χ0n) is 19.9. The van der Waals surface area contributed by atoms with Gasteiger partial charge in [-0.2, -0.15) is 0 Å². The van der Waals surface area contributed by atoms with Gasteiger partial charge < -0.3 is 5.32 Å². The second-order valence-corrected chi connectivity index (χ2v) is 12.6. The van der Waals surface area contributed by atoms with Gasteiger partial charge in [0.1, 0.15) is 6.04 Å². The van der Waals surface area contributed by atoms with Crippen LogP contribution in [0.4, 0.5) is 17.1 Å². The molecule has 1 atom stereocenters. The quantitative estimate of drug-likeness (QED) is 0.387. The van der Waals surface area contributed by atoms with Gasteiger partial charge in [0.25, 0.3) is 10.0 Å². The standard InChI is InChI=1S/C24H25Cl2N3O5S2/c1-15-8-9-16(2)22(14-15)29(35(4,31)32)17(3)24(30)27-18-10-12-19(13-11-18)36(33,34)28-21-7-5-6-20(25)23(21)26/h5-14,17,28H,1-4H3,(H,27,30)/t17-/m1/s1. The van der Waals surface area contributed by atoms with E-state index in [1.807, 2.05) is 13.0 Å². The SMILES string of the molecule is Cc1ccc(C)c(N([C@H](C)C(=O)Nc2ccc(S(=O)(=O)Nc3cccc(Cl)c3Cl)cc2)S(C)(=O)=O)c1. The number of carbonyl (C=O) groups is 1. The van der Waals surface area contributed by atoms with Gasteiger partial charge in [-0.1, -0.05) is 41.4 Å². The second-order valence-electron chi connectivity index (χ2n) is 8.25. The predicted octanol–water partition coefficient (Wildman–Crippen LogP) is 5.20. The topological polar surface area (TPSA) is 113 Å². The minimum atomic E-state index is -3.99. The van der Waals surface area contributed by atoms with Crippen LogP contribution in [0.2, 0.25) is 10.0 Å². The molecule has 3 rings (SSSR count). The summed E-state index contributed by atoms with van der Waals surface area (Å²) < 4.78 is 54.1. The molecule has 0 radical (unpaired) electrons. The molecule has 36 heavy (non-hydrogen) atoms. The first-order chi connectivity index (χ1) is 16.7. The number of anilines is 3. The van der Waals surface area contributed by atoms with Crippen LogP contribution in [0.1, 0.15) is 18.1 Å². The molecule has 3 aromatic carbocycles. The number of aryl methyl sites for hydroxylation is 2. The number of nitrogens with zero attached hydrogens (tertiary/aromatic N) is 1. The zero-order valence-corrected chi connectivity index (χ0v) is 23.1. The molecule has 0 bridgehead atoms. The molecule has 0 saturated heterocycles. The number of rotatable bonds is 8. The number of carbonyl (C=O) groups excluding carboxylic acids is 1. The van der Waals surface area contributed by atoms with E-state index in [4.69, 9.17) is 23.2 Å². The summed E-state index contributed by atoms with van der Waals surface area (Å²) in [6.07, 6.45) is 1.04. The van der Waals surface area contributed by atoms with E-state index in [-0.39, 0.29) is 20.6 Å². The van der Waals surface area contributed by atoms with Gasteiger partial charge in [-0.15, -0.1) is 0 Å². The molecule has 3 aromatic rings. The monoisotopic (exact) mass is 569 g/mol. The molecular weight excluding hydrogens is 545 g/mol. The molecule has 0 aliphatic rings. The normalized spacial score (nSPS) is 12.6. The van der Waals surface area contributed by atoms with Crippen LogP contribution >= 0.6 is 23.2 Å². The molecule has 0 unspecified atom stereocenters. The summed E-state index contributed by atoms with van der Waals surface area (Å²) in [5.74, 6) is -0.583. The van der Waals surface area contributed by atoms with Crippen molar-refractivity contribution >= 4 is 66.2 Å². The van der Waals surface area contributed by atoms with Gasteiger partial charge in [0.15, 0.2) is 0 Å². The van der Waals surface area contributed by atoms with Crippen molar-refractivity contribution < 1.29 is 21.6 Å². The van der Waals surface area contributed by atoms with Gasteiger partial charge in [-0.25, -0.2) is 16.8 Å². The maximum absolute atomic E-state index is 13.0. The van der Waals surface area contributed by atoms with Crippen LogP contribution in [0.3, 0.4) is 0 Å². The van der Waals surface area contributed by atoms with E-state index in [1.54, 1.807) is 25.1 Å². The Hall–Kier alpha value is -2.79. The summed E-state index contributed by atoms with van der Waals surface area (Å²) in [6, 6.07) is 14.3. The molecule has 0 aliphatic heterocycles. The van der Waals surface area contributed by atoms with Crippen molar-refractivity contribution in [2.75, 3.05) is 20.6 Å². The summed E-state index contributed by atoms with van der Waals surface area (Å²) in [6.45, 7) is 5.08. The summed E-state index contributed by atoms with van der Waals surface area (Å²) in [5, 5.41) is 2.92. The van der Waals surface area contributed by atoms with Gasteiger partial charge in [0.05, 0.1) is 32.6 Å². The maximum Gasteiger partial charge on any atom is 0.261 e. The van der Waals surface area contributed by atoms with Crippen molar-refractivity contribution in [2.45, 2.75) is 31.7 Å². The van der Waals surface area contributed by atoms with E-state index in [2.05, 4.69) is 10.0 Å². The number of hydrogen-bond donors (Lipinski definition) is 2. The lowest BCUT2D eigenvalue weighted by Gasteiger charge is -2.29. The van der Waals surface area contributed by atoms with Gasteiger partial charge in [0.2, 0.25) is 15.9 Å². The number of amides is 1. The van der Waals surface area contributed by atoms with E-state index in [9.17, 15) is 21.6 Å². The van der Waals surface area contributed by atoms with Crippen molar-refractivity contribution in [1.82, 2.24) is 0 Å². The zero-order chi connectivity index (χ0) is 26.8. The molecule has 0 fully saturated rings. The van der Waals surface area contributed by atoms with Crippen molar-refractivity contribution in [3.05, 3.63) is 81.8 Å². The molecule has 8 nitrogen and oxygen atoms in total. The van der Waals surface area contributed by atoms with Crippen LogP contribution in [0.25, 0.3) is 0 Å². The van der Waals surface area contributed by atoms with Crippen LogP contribution in [0.15, 0.2) is 65.6 Å². The summed E-state index contributed by atoms with van der Waals surface area (Å²) in [5.41, 5.74) is 2.38. The summed E-state index contributed by atoms with van der Waals surface area (Å²) in [7, 11) is -7.78. The Morgan fingerprint density at radius 3 is 2.19 bits per heavy atom. The molecule has 0 spiro atoms. The van der Waals surface area contributed by atoms with Crippen LogP contribution in [0.5, 0.6) is 0 Å². The highest BCUT2D eigenvalue weighted by Crippen LogP contribution is 2.31. The Kier molecular flexibility index (Phi) is 8.24. The highest BCUT2D eigenvalue weighted by atomic mass is 35.5. The number of hydrogen-bond acceptors (Lipinski definition) is 5. The van der Waals surface area contributed by atoms with Gasteiger partial charge in [-0.3, -0.25) is 13.8 Å². The van der Waals surface area contributed by atoms with Crippen molar-refractivity contribution in [1.29, 1.82) is 0 Å². The number of benzene rings is 3. The first-order valence-corrected chi connectivity index (χ1v) is 14.7. The lowest BCUT2D eigenvalue weighted by atomic mass is 10.1. The molecule has 192 valence electrons. The molecular formula is C24H25Cl2N3O5S2. The van der Waals surface area contributed by atoms with Gasteiger partial charge in [0, 0.05) is 5.69 Å². The lowest BCUT2D eigenvalue weighted by Crippen LogP contribution is -2.45. The van der Waals surface area contributed by atoms with Gasteiger partial charge >= 0.3 is 0 Å². The second kappa shape index (κ2) is 10.7. The molecule has 0 saturated carbocycles. The third kappa shape index (κ3) is 6.31. The fourth-order valence-electron chi connectivity index (χ4n) is 3.49. The molecule has 2 N–H and O–H groups in total. The van der Waals surface area contributed by atoms with E-state index >= 15 is 0 Å². The smallest absolute Gasteiger partial charge is 0.261 e. The first-order valence-electron chi connectivity index (χ1n) is 10.6. The largest absolute Gasteiger partial charge is 0.324 e. The Labute approximate surface area is 221 Å². The third-order valence-electron chi connectivity index (χ3n) is 5.32. The summed E-state index contributed by atoms with van der Waals surface area (Å²) in [4.78, 5) is 12.9. The minimum absolute atomic E-state index is 0.0693. The average molecular weight is 571 g/mol. The third-order valence-corrected chi connectivity index (χ3v) is 8.75. The lowest BCUT2D eigenvalue weighted by molar-refractivity contribution is -0.116. The Balaban J connectivity index is 1.81. The number of sulfonamides is 2. The Morgan fingerprint density at radius 1 is 0.944 bits per heavy atom. The van der Waals surface area contributed by atoms with E-state index in [0.717, 1.165) is 16.1 Å². The molecule has 12 heteroatoms. The fraction of sp³-hybridized carbons (Fsp3) is 0.208. The maximum atomic E-state index is 13.0. The molecule has 0 heterocycles. The van der Waals surface area contributed by atoms with Crippen molar-refractivity contribution in [3.63, 3.8) is 0 Å². The highest BCUT2D eigenvalue weighted by molar-refractivity contribution is 7.92. The van der Waals surface area contributed by atoms with E-state index < -0.39 is 32.0 Å². The van der Waals surface area contributed by atoms with Crippen LogP contribution in [-0.4, -0.2) is 35.0 Å². The molecule has 1 amide bonds. The number of halogens is 2. The van der Waals surface area contributed by atoms with Crippen LogP contribution < -0.4 is 14.3 Å². The first kappa shape index (κ1) is 27.8. The van der Waals surface area contributed by atoms with Crippen LogP contribution in [0, 0.1) is 13.8 Å². The predicted molar refractivity (Wildman–Crippen MR) is 145 cm³/mol. The Morgan fingerprint density at radius 2 is 1.58 bits per heavy atom. The average Bonchev–Trinajstić information content (AvgIpc) is 2.78. The number of nitrogens with one attached hydrogen (secondary N) is 2. The van der Waals surface area contributed by atoms with Gasteiger partial charge in [-0.05, 0) is 74.4 Å². The minimum Gasteiger partial charge on any atom is -0.324 e. The summed E-state index contributed by atoms with van der Waals surface area (Å²) >= 11 is 12.0. The fourth-order valence-corrected chi connectivity index (χ4v) is 6.19. The van der Waals surface area contributed by atoms with E-state index in [0.29, 0.717) is 16.9 Å². The molecule has 0 aliphatic carbocycles. The van der Waals surface area contributed by atoms with E-state index in [1.165, 1.54) is 43.3 Å². The Bertz CT molecular complexity index is 1510. The van der Waals surface area contributed by atoms with Crippen molar-refractivity contribution in [3.8, 4) is 0 Å². The van der Waals surface area contributed by atoms with Crippen LogP contribution in [-0.2, 0) is 24.8 Å². The van der Waals surface area contributed by atoms with Crippen molar-refractivity contribution in [2.24, 2.45) is 0 Å².